The van der Waals surface area contributed by atoms with Crippen molar-refractivity contribution in [2.24, 2.45) is 0 Å². The van der Waals surface area contributed by atoms with Crippen molar-refractivity contribution in [3.8, 4) is 16.9 Å². The van der Waals surface area contributed by atoms with E-state index < -0.39 is 6.09 Å². The Kier molecular flexibility index (Phi) is 5.08. The molecule has 1 fully saturated rings. The summed E-state index contributed by atoms with van der Waals surface area (Å²) in [6.45, 7) is 3.45. The summed E-state index contributed by atoms with van der Waals surface area (Å²) in [7, 11) is 1.63. The smallest absolute Gasteiger partial charge is 0.405 e. The van der Waals surface area contributed by atoms with Gasteiger partial charge in [-0.05, 0) is 53.9 Å². The Morgan fingerprint density at radius 3 is 2.69 bits per heavy atom. The molecule has 2 N–H and O–H groups in total. The van der Waals surface area contributed by atoms with Crippen LogP contribution in [0.1, 0.15) is 19.8 Å². The molecule has 1 aliphatic heterocycles. The van der Waals surface area contributed by atoms with Gasteiger partial charge in [-0.2, -0.15) is 5.10 Å². The number of aromatic nitrogens is 3. The van der Waals surface area contributed by atoms with Crippen LogP contribution in [-0.2, 0) is 0 Å². The summed E-state index contributed by atoms with van der Waals surface area (Å²) < 4.78 is 8.10. The lowest BCUT2D eigenvalue weighted by Crippen LogP contribution is -2.53. The average molecular weight is 460 g/mol. The molecule has 4 heterocycles. The molecule has 8 nitrogen and oxygen atoms in total. The summed E-state index contributed by atoms with van der Waals surface area (Å²) >= 11 is 3.57. The van der Waals surface area contributed by atoms with Crippen LogP contribution in [0.15, 0.2) is 41.3 Å². The predicted molar refractivity (Wildman–Crippen MR) is 114 cm³/mol. The van der Waals surface area contributed by atoms with Crippen molar-refractivity contribution in [2.75, 3.05) is 25.1 Å². The van der Waals surface area contributed by atoms with Crippen molar-refractivity contribution < 1.29 is 14.6 Å². The van der Waals surface area contributed by atoms with E-state index in [1.807, 2.05) is 37.5 Å². The molecule has 0 aliphatic carbocycles. The highest BCUT2D eigenvalue weighted by molar-refractivity contribution is 9.10. The van der Waals surface area contributed by atoms with Crippen LogP contribution in [0.4, 0.5) is 10.6 Å². The topological polar surface area (TPSA) is 92.0 Å². The third-order valence-corrected chi connectivity index (χ3v) is 6.02. The zero-order chi connectivity index (χ0) is 20.6. The maximum atomic E-state index is 11.0. The molecule has 1 amide bonds. The zero-order valence-electron chi connectivity index (χ0n) is 16.2. The van der Waals surface area contributed by atoms with Crippen molar-refractivity contribution in [3.63, 3.8) is 0 Å². The third-order valence-electron chi connectivity index (χ3n) is 5.44. The number of amides is 1. The molecule has 1 aliphatic rings. The van der Waals surface area contributed by atoms with Gasteiger partial charge in [0, 0.05) is 36.0 Å². The monoisotopic (exact) mass is 459 g/mol. The molecule has 0 radical (unpaired) electrons. The number of hydrogen-bond donors (Lipinski definition) is 2. The van der Waals surface area contributed by atoms with Crippen LogP contribution >= 0.6 is 15.9 Å². The normalized spacial score (nSPS) is 16.0. The van der Waals surface area contributed by atoms with Crippen molar-refractivity contribution in [1.82, 2.24) is 19.9 Å². The van der Waals surface area contributed by atoms with Gasteiger partial charge in [-0.15, -0.1) is 0 Å². The highest BCUT2D eigenvalue weighted by Gasteiger charge is 2.31. The highest BCUT2D eigenvalue weighted by atomic mass is 79.9. The van der Waals surface area contributed by atoms with Crippen LogP contribution in [0, 0.1) is 0 Å². The van der Waals surface area contributed by atoms with Gasteiger partial charge in [0.15, 0.2) is 0 Å². The van der Waals surface area contributed by atoms with Crippen LogP contribution in [0.2, 0.25) is 0 Å². The molecule has 0 spiro atoms. The van der Waals surface area contributed by atoms with E-state index in [1.54, 1.807) is 17.8 Å². The molecule has 9 heteroatoms. The number of nitrogens with zero attached hydrogens (tertiary/aromatic N) is 4. The fraction of sp³-hybridized carbons (Fsp3) is 0.350. The van der Waals surface area contributed by atoms with Gasteiger partial charge in [-0.25, -0.2) is 14.3 Å². The van der Waals surface area contributed by atoms with Gasteiger partial charge in [-0.1, -0.05) is 0 Å². The Morgan fingerprint density at radius 1 is 1.31 bits per heavy atom. The van der Waals surface area contributed by atoms with Crippen LogP contribution in [0.25, 0.3) is 16.6 Å². The minimum atomic E-state index is -0.973. The van der Waals surface area contributed by atoms with Gasteiger partial charge in [0.2, 0.25) is 0 Å². The molecule has 4 rings (SSSR count). The first-order valence-corrected chi connectivity index (χ1v) is 10.1. The van der Waals surface area contributed by atoms with Crippen LogP contribution < -0.4 is 15.0 Å². The molecule has 3 aromatic heterocycles. The molecular formula is C20H22BrN5O3. The lowest BCUT2D eigenvalue weighted by molar-refractivity contribution is 0.173. The van der Waals surface area contributed by atoms with Gasteiger partial charge in [0.05, 0.1) is 29.5 Å². The van der Waals surface area contributed by atoms with E-state index in [4.69, 9.17) is 9.84 Å². The number of rotatable bonds is 4. The largest absolute Gasteiger partial charge is 0.495 e. The Hall–Kier alpha value is -2.81. The van der Waals surface area contributed by atoms with Crippen LogP contribution in [0.3, 0.4) is 0 Å². The first kappa shape index (κ1) is 19.5. The third kappa shape index (κ3) is 3.87. The van der Waals surface area contributed by atoms with E-state index in [-0.39, 0.29) is 5.54 Å². The molecule has 3 aromatic rings. The minimum absolute atomic E-state index is 0.386. The molecule has 29 heavy (non-hydrogen) atoms. The second-order valence-electron chi connectivity index (χ2n) is 7.46. The fourth-order valence-corrected chi connectivity index (χ4v) is 4.22. The summed E-state index contributed by atoms with van der Waals surface area (Å²) in [5.41, 5.74) is 2.51. The summed E-state index contributed by atoms with van der Waals surface area (Å²) in [6.07, 6.45) is 5.95. The zero-order valence-corrected chi connectivity index (χ0v) is 17.8. The maximum absolute atomic E-state index is 11.0. The minimum Gasteiger partial charge on any atom is -0.495 e. The Bertz CT molecular complexity index is 1040. The van der Waals surface area contributed by atoms with Gasteiger partial charge >= 0.3 is 6.09 Å². The fourth-order valence-electron chi connectivity index (χ4n) is 3.74. The van der Waals surface area contributed by atoms with Crippen molar-refractivity contribution in [2.45, 2.75) is 25.3 Å². The van der Waals surface area contributed by atoms with Crippen molar-refractivity contribution >= 4 is 33.4 Å². The molecule has 0 aromatic carbocycles. The summed E-state index contributed by atoms with van der Waals surface area (Å²) in [5.74, 6) is 1.60. The Balaban J connectivity index is 1.57. The molecular weight excluding hydrogens is 438 g/mol. The number of nitrogens with one attached hydrogen (secondary N) is 1. The average Bonchev–Trinajstić information content (AvgIpc) is 3.08. The standard InChI is InChI=1S/C20H22BrN5O3/c1-20(24-19(27)28)5-7-25(8-6-20)17-4-3-13(10-22-17)15-9-14(29-2)12-26-18(15)16(21)11-23-26/h3-4,9-12,24H,5-8H2,1-2H3,(H,27,28). The summed E-state index contributed by atoms with van der Waals surface area (Å²) in [6, 6.07) is 6.02. The number of anilines is 1. The van der Waals surface area contributed by atoms with E-state index >= 15 is 0 Å². The van der Waals surface area contributed by atoms with Gasteiger partial charge in [-0.3, -0.25) is 0 Å². The number of halogens is 1. The molecule has 0 bridgehead atoms. The van der Waals surface area contributed by atoms with E-state index in [1.165, 1.54) is 0 Å². The number of ether oxygens (including phenoxy) is 1. The van der Waals surface area contributed by atoms with Crippen LogP contribution in [0.5, 0.6) is 5.75 Å². The van der Waals surface area contributed by atoms with Gasteiger partial charge in [0.25, 0.3) is 0 Å². The van der Waals surface area contributed by atoms with Crippen molar-refractivity contribution in [1.29, 1.82) is 0 Å². The van der Waals surface area contributed by atoms with E-state index in [9.17, 15) is 4.79 Å². The Morgan fingerprint density at radius 2 is 2.07 bits per heavy atom. The predicted octanol–water partition coefficient (Wildman–Crippen LogP) is 3.79. The van der Waals surface area contributed by atoms with Crippen LogP contribution in [-0.4, -0.2) is 51.5 Å². The number of carbonyl (C=O) groups is 1. The molecule has 0 atom stereocenters. The molecule has 1 saturated heterocycles. The van der Waals surface area contributed by atoms with E-state index in [2.05, 4.69) is 36.2 Å². The number of pyridine rings is 2. The van der Waals surface area contributed by atoms with Gasteiger partial charge in [0.1, 0.15) is 11.6 Å². The highest BCUT2D eigenvalue weighted by Crippen LogP contribution is 2.33. The number of methoxy groups -OCH3 is 1. The number of carboxylic acid groups (broad SMARTS) is 1. The summed E-state index contributed by atoms with van der Waals surface area (Å²) in [5, 5.41) is 16.0. The quantitative estimate of drug-likeness (QED) is 0.616. The first-order chi connectivity index (χ1) is 13.9. The summed E-state index contributed by atoms with van der Waals surface area (Å²) in [4.78, 5) is 17.8. The number of piperidine rings is 1. The second-order valence-corrected chi connectivity index (χ2v) is 8.32. The van der Waals surface area contributed by atoms with E-state index in [0.717, 1.165) is 52.9 Å². The number of hydrogen-bond acceptors (Lipinski definition) is 5. The van der Waals surface area contributed by atoms with Gasteiger partial charge < -0.3 is 20.1 Å². The SMILES string of the molecule is COc1cc(-c2ccc(N3CCC(C)(NC(=O)O)CC3)nc2)c2c(Br)cnn2c1. The van der Waals surface area contributed by atoms with Crippen molar-refractivity contribution in [3.05, 3.63) is 41.3 Å². The Labute approximate surface area is 176 Å². The molecule has 0 saturated carbocycles. The number of fused-ring (bicyclic) bond motifs is 1. The van der Waals surface area contributed by atoms with E-state index in [0.29, 0.717) is 5.75 Å². The molecule has 152 valence electrons. The first-order valence-electron chi connectivity index (χ1n) is 9.32. The maximum Gasteiger partial charge on any atom is 0.405 e. The molecule has 0 unspecified atom stereocenters. The lowest BCUT2D eigenvalue weighted by atomic mass is 9.90. The lowest BCUT2D eigenvalue weighted by Gasteiger charge is -2.39. The second kappa shape index (κ2) is 7.55.